The summed E-state index contributed by atoms with van der Waals surface area (Å²) in [5.41, 5.74) is 0. The Balaban J connectivity index is 0. The Morgan fingerprint density at radius 2 is 1.93 bits per heavy atom. The maximum atomic E-state index is 3.75. The summed E-state index contributed by atoms with van der Waals surface area (Å²) in [7, 11) is 1.99. The van der Waals surface area contributed by atoms with E-state index in [1.807, 2.05) is 44.8 Å². The molecule has 15 heavy (non-hydrogen) atoms. The smallest absolute Gasteiger partial charge is 0.00658 e. The first-order valence-corrected chi connectivity index (χ1v) is 6.56. The monoisotopic (exact) mass is 227 g/mol. The molecular formula is C13H25NS. The summed E-state index contributed by atoms with van der Waals surface area (Å²) < 4.78 is 0. The lowest BCUT2D eigenvalue weighted by atomic mass is 10.3. The first-order chi connectivity index (χ1) is 7.35. The van der Waals surface area contributed by atoms with Crippen LogP contribution in [0.25, 0.3) is 0 Å². The Labute approximate surface area is 99.7 Å². The quantitative estimate of drug-likeness (QED) is 0.497. The molecule has 0 saturated carbocycles. The molecule has 1 nitrogen and oxygen atoms in total. The van der Waals surface area contributed by atoms with Gasteiger partial charge in [0.2, 0.25) is 0 Å². The third-order valence-corrected chi connectivity index (χ3v) is 2.70. The molecule has 0 saturated heterocycles. The summed E-state index contributed by atoms with van der Waals surface area (Å²) in [5, 5.41) is 3.13. The van der Waals surface area contributed by atoms with Gasteiger partial charge in [0.1, 0.15) is 0 Å². The minimum absolute atomic E-state index is 1.11. The number of allylic oxidation sites excluding steroid dienone is 3. The minimum Gasteiger partial charge on any atom is -0.320 e. The van der Waals surface area contributed by atoms with Crippen LogP contribution in [0.5, 0.6) is 0 Å². The molecular weight excluding hydrogens is 202 g/mol. The van der Waals surface area contributed by atoms with E-state index in [-0.39, 0.29) is 0 Å². The zero-order valence-corrected chi connectivity index (χ0v) is 11.2. The summed E-state index contributed by atoms with van der Waals surface area (Å²) in [6, 6.07) is 0. The molecule has 0 aromatic heterocycles. The molecule has 0 unspecified atom stereocenters. The van der Waals surface area contributed by atoms with Crippen molar-refractivity contribution in [1.29, 1.82) is 0 Å². The predicted molar refractivity (Wildman–Crippen MR) is 75.4 cm³/mol. The van der Waals surface area contributed by atoms with Crippen LogP contribution in [0.3, 0.4) is 0 Å². The number of nitrogens with one attached hydrogen (secondary N) is 1. The minimum atomic E-state index is 1.11. The maximum Gasteiger partial charge on any atom is 0.00658 e. The predicted octanol–water partition coefficient (Wildman–Crippen LogP) is 4.00. The second kappa shape index (κ2) is 16.0. The van der Waals surface area contributed by atoms with Gasteiger partial charge in [-0.25, -0.2) is 0 Å². The molecule has 2 heteroatoms. The lowest BCUT2D eigenvalue weighted by molar-refractivity contribution is 0.715. The molecule has 1 N–H and O–H groups in total. The van der Waals surface area contributed by atoms with Crippen LogP contribution in [-0.2, 0) is 0 Å². The fourth-order valence-corrected chi connectivity index (χ4v) is 1.78. The topological polar surface area (TPSA) is 12.0 Å². The van der Waals surface area contributed by atoms with Gasteiger partial charge in [0, 0.05) is 4.91 Å². The lowest BCUT2D eigenvalue weighted by Gasteiger charge is -2.01. The summed E-state index contributed by atoms with van der Waals surface area (Å²) >= 11 is 1.84. The van der Waals surface area contributed by atoms with Crippen molar-refractivity contribution >= 4 is 11.8 Å². The van der Waals surface area contributed by atoms with Crippen molar-refractivity contribution in [2.24, 2.45) is 0 Å². The van der Waals surface area contributed by atoms with Crippen molar-refractivity contribution in [2.45, 2.75) is 26.7 Å². The zero-order chi connectivity index (χ0) is 11.9. The van der Waals surface area contributed by atoms with Crippen molar-refractivity contribution in [3.8, 4) is 0 Å². The van der Waals surface area contributed by atoms with Crippen molar-refractivity contribution in [3.05, 3.63) is 36.3 Å². The van der Waals surface area contributed by atoms with Crippen LogP contribution in [0.4, 0.5) is 0 Å². The fourth-order valence-electron chi connectivity index (χ4n) is 0.885. The van der Waals surface area contributed by atoms with E-state index in [0.29, 0.717) is 0 Å². The van der Waals surface area contributed by atoms with Gasteiger partial charge in [-0.3, -0.25) is 0 Å². The summed E-state index contributed by atoms with van der Waals surface area (Å²) in [6.45, 7) is 12.5. The summed E-state index contributed by atoms with van der Waals surface area (Å²) in [6.07, 6.45) is 8.16. The Morgan fingerprint density at radius 1 is 1.27 bits per heavy atom. The van der Waals surface area contributed by atoms with E-state index in [2.05, 4.69) is 18.5 Å². The van der Waals surface area contributed by atoms with Gasteiger partial charge in [-0.1, -0.05) is 39.2 Å². The molecule has 0 aromatic carbocycles. The second-order valence-corrected chi connectivity index (χ2v) is 3.84. The van der Waals surface area contributed by atoms with E-state index in [1.165, 1.54) is 17.7 Å². The fraction of sp³-hybridized carbons (Fsp3) is 0.538. The van der Waals surface area contributed by atoms with E-state index in [4.69, 9.17) is 0 Å². The second-order valence-electron chi connectivity index (χ2n) is 2.67. The largest absolute Gasteiger partial charge is 0.320 e. The van der Waals surface area contributed by atoms with Crippen molar-refractivity contribution < 1.29 is 0 Å². The third kappa shape index (κ3) is 13.5. The van der Waals surface area contributed by atoms with E-state index in [1.54, 1.807) is 6.08 Å². The van der Waals surface area contributed by atoms with Gasteiger partial charge in [-0.05, 0) is 38.3 Å². The van der Waals surface area contributed by atoms with Gasteiger partial charge in [0.05, 0.1) is 0 Å². The Hall–Kier alpha value is -0.470. The number of thioether (sulfide) groups is 1. The highest BCUT2D eigenvalue weighted by Crippen LogP contribution is 2.17. The molecule has 0 rings (SSSR count). The zero-order valence-electron chi connectivity index (χ0n) is 10.4. The normalized spacial score (nSPS) is 10.2. The first-order valence-electron chi connectivity index (χ1n) is 5.57. The molecule has 0 aromatic rings. The average molecular weight is 227 g/mol. The van der Waals surface area contributed by atoms with Gasteiger partial charge < -0.3 is 5.32 Å². The van der Waals surface area contributed by atoms with Crippen molar-refractivity contribution in [2.75, 3.05) is 19.3 Å². The van der Waals surface area contributed by atoms with Gasteiger partial charge in [0.15, 0.2) is 0 Å². The van der Waals surface area contributed by atoms with Crippen molar-refractivity contribution in [3.63, 3.8) is 0 Å². The molecule has 0 aliphatic rings. The van der Waals surface area contributed by atoms with Crippen molar-refractivity contribution in [1.82, 2.24) is 5.32 Å². The molecule has 0 spiro atoms. The first kappa shape index (κ1) is 16.9. The highest BCUT2D eigenvalue weighted by atomic mass is 32.2. The van der Waals surface area contributed by atoms with Gasteiger partial charge in [-0.15, -0.1) is 11.8 Å². The van der Waals surface area contributed by atoms with Gasteiger partial charge >= 0.3 is 0 Å². The Bertz CT molecular complexity index is 173. The number of unbranched alkanes of at least 4 members (excludes halogenated alkanes) is 1. The highest BCUT2D eigenvalue weighted by Gasteiger charge is 1.92. The van der Waals surface area contributed by atoms with Crippen LogP contribution in [0.2, 0.25) is 0 Å². The van der Waals surface area contributed by atoms with Crippen LogP contribution >= 0.6 is 11.8 Å². The Morgan fingerprint density at radius 3 is 2.40 bits per heavy atom. The molecule has 0 aliphatic heterocycles. The maximum absolute atomic E-state index is 3.75. The molecule has 0 fully saturated rings. The van der Waals surface area contributed by atoms with Crippen LogP contribution in [0, 0.1) is 0 Å². The molecule has 0 atom stereocenters. The highest BCUT2D eigenvalue weighted by molar-refractivity contribution is 8.03. The SMILES string of the molecule is C=C/C=C(\C=C)SCCCCNC.CC. The summed E-state index contributed by atoms with van der Waals surface area (Å²) in [5.74, 6) is 1.16. The van der Waals surface area contributed by atoms with Crippen LogP contribution in [-0.4, -0.2) is 19.3 Å². The summed E-state index contributed by atoms with van der Waals surface area (Å²) in [4.78, 5) is 1.21. The third-order valence-electron chi connectivity index (χ3n) is 1.57. The number of hydrogen-bond donors (Lipinski definition) is 1. The molecule has 0 amide bonds. The molecule has 0 bridgehead atoms. The average Bonchev–Trinajstić information content (AvgIpc) is 2.30. The number of rotatable bonds is 8. The lowest BCUT2D eigenvalue weighted by Crippen LogP contribution is -2.07. The standard InChI is InChI=1S/C11H19NS.C2H6/c1-4-8-11(5-2)13-10-7-6-9-12-3;1-2/h4-5,8,12H,1-2,6-7,9-10H2,3H3;1-2H3/b11-8+;. The van der Waals surface area contributed by atoms with E-state index in [0.717, 1.165) is 12.3 Å². The molecule has 0 radical (unpaired) electrons. The Kier molecular flexibility index (Phi) is 18.0. The molecule has 88 valence electrons. The van der Waals surface area contributed by atoms with Gasteiger partial charge in [-0.2, -0.15) is 0 Å². The molecule has 0 heterocycles. The van der Waals surface area contributed by atoms with E-state index in [9.17, 15) is 0 Å². The van der Waals surface area contributed by atoms with Crippen LogP contribution < -0.4 is 5.32 Å². The number of hydrogen-bond acceptors (Lipinski definition) is 2. The van der Waals surface area contributed by atoms with Crippen LogP contribution in [0.15, 0.2) is 36.3 Å². The van der Waals surface area contributed by atoms with E-state index < -0.39 is 0 Å². The van der Waals surface area contributed by atoms with E-state index >= 15 is 0 Å². The van der Waals surface area contributed by atoms with Gasteiger partial charge in [0.25, 0.3) is 0 Å². The molecule has 0 aliphatic carbocycles. The van der Waals surface area contributed by atoms with Crippen LogP contribution in [0.1, 0.15) is 26.7 Å².